The fourth-order valence-corrected chi connectivity index (χ4v) is 4.14. The Morgan fingerprint density at radius 2 is 1.24 bits per heavy atom. The van der Waals surface area contributed by atoms with E-state index in [-0.39, 0.29) is 30.4 Å². The first kappa shape index (κ1) is 22.5. The molecule has 0 N–H and O–H groups in total. The molecule has 3 aromatic rings. The maximum absolute atomic E-state index is 12.8. The van der Waals surface area contributed by atoms with Gasteiger partial charge in [0.05, 0.1) is 0 Å². The van der Waals surface area contributed by atoms with Crippen LogP contribution in [0.1, 0.15) is 39.1 Å². The van der Waals surface area contributed by atoms with Crippen molar-refractivity contribution in [2.75, 3.05) is 26.2 Å². The third-order valence-corrected chi connectivity index (χ3v) is 6.17. The van der Waals surface area contributed by atoms with Gasteiger partial charge in [0.1, 0.15) is 0 Å². The predicted octanol–water partition coefficient (Wildman–Crippen LogP) is 4.61. The maximum atomic E-state index is 12.8. The number of aryl methyl sites for hydroxylation is 1. The van der Waals surface area contributed by atoms with Crippen molar-refractivity contribution >= 4 is 17.6 Å². The summed E-state index contributed by atoms with van der Waals surface area (Å²) in [5.41, 5.74) is 4.45. The van der Waals surface area contributed by atoms with Crippen molar-refractivity contribution in [2.45, 2.75) is 19.8 Å². The lowest BCUT2D eigenvalue weighted by atomic mass is 10.0. The lowest BCUT2D eigenvalue weighted by Gasteiger charge is -2.35. The Bertz CT molecular complexity index is 1130. The SMILES string of the molecule is Cc1ccccc1C(=O)N1CCN(C(=O)CCC(=O)c2ccc(-c3ccccc3)cc2)CC1. The van der Waals surface area contributed by atoms with Gasteiger partial charge < -0.3 is 9.80 Å². The smallest absolute Gasteiger partial charge is 0.254 e. The number of benzene rings is 3. The molecule has 2 amide bonds. The molecule has 33 heavy (non-hydrogen) atoms. The van der Waals surface area contributed by atoms with E-state index in [9.17, 15) is 14.4 Å². The average molecular weight is 441 g/mol. The lowest BCUT2D eigenvalue weighted by molar-refractivity contribution is -0.132. The molecule has 0 saturated carbocycles. The zero-order chi connectivity index (χ0) is 23.2. The van der Waals surface area contributed by atoms with E-state index in [1.807, 2.05) is 85.8 Å². The fraction of sp³-hybridized carbons (Fsp3) is 0.250. The van der Waals surface area contributed by atoms with E-state index in [4.69, 9.17) is 0 Å². The second-order valence-corrected chi connectivity index (χ2v) is 8.35. The largest absolute Gasteiger partial charge is 0.339 e. The highest BCUT2D eigenvalue weighted by molar-refractivity contribution is 5.98. The molecule has 1 fully saturated rings. The Labute approximate surface area is 194 Å². The molecule has 1 aliphatic rings. The summed E-state index contributed by atoms with van der Waals surface area (Å²) in [7, 11) is 0. The molecule has 1 aliphatic heterocycles. The number of nitrogens with zero attached hydrogens (tertiary/aromatic N) is 2. The zero-order valence-electron chi connectivity index (χ0n) is 18.9. The molecule has 0 aromatic heterocycles. The lowest BCUT2D eigenvalue weighted by Crippen LogP contribution is -2.50. The van der Waals surface area contributed by atoms with Crippen LogP contribution < -0.4 is 0 Å². The van der Waals surface area contributed by atoms with E-state index in [1.165, 1.54) is 0 Å². The highest BCUT2D eigenvalue weighted by atomic mass is 16.2. The van der Waals surface area contributed by atoms with Crippen molar-refractivity contribution in [2.24, 2.45) is 0 Å². The number of rotatable bonds is 6. The van der Waals surface area contributed by atoms with Crippen LogP contribution in [0.5, 0.6) is 0 Å². The van der Waals surface area contributed by atoms with Gasteiger partial charge in [-0.25, -0.2) is 0 Å². The fourth-order valence-electron chi connectivity index (χ4n) is 4.14. The summed E-state index contributed by atoms with van der Waals surface area (Å²) in [6.45, 7) is 3.94. The minimum absolute atomic E-state index is 0.00864. The Morgan fingerprint density at radius 1 is 0.667 bits per heavy atom. The first-order valence-electron chi connectivity index (χ1n) is 11.3. The highest BCUT2D eigenvalue weighted by Gasteiger charge is 2.25. The predicted molar refractivity (Wildman–Crippen MR) is 129 cm³/mol. The van der Waals surface area contributed by atoms with Gasteiger partial charge in [0.2, 0.25) is 5.91 Å². The van der Waals surface area contributed by atoms with Crippen LogP contribution in [0.25, 0.3) is 11.1 Å². The zero-order valence-corrected chi connectivity index (χ0v) is 18.9. The van der Waals surface area contributed by atoms with E-state index in [0.717, 1.165) is 16.7 Å². The van der Waals surface area contributed by atoms with Crippen LogP contribution in [0.2, 0.25) is 0 Å². The summed E-state index contributed by atoms with van der Waals surface area (Å²) >= 11 is 0. The number of carbonyl (C=O) groups excluding carboxylic acids is 3. The van der Waals surface area contributed by atoms with Gasteiger partial charge in [0.15, 0.2) is 5.78 Å². The van der Waals surface area contributed by atoms with E-state index in [0.29, 0.717) is 37.3 Å². The van der Waals surface area contributed by atoms with Gasteiger partial charge in [0.25, 0.3) is 5.91 Å². The summed E-state index contributed by atoms with van der Waals surface area (Å²) in [5.74, 6) is -0.0575. The van der Waals surface area contributed by atoms with E-state index in [1.54, 1.807) is 9.80 Å². The molecule has 5 heteroatoms. The van der Waals surface area contributed by atoms with E-state index < -0.39 is 0 Å². The molecule has 3 aromatic carbocycles. The van der Waals surface area contributed by atoms with Crippen LogP contribution in [0, 0.1) is 6.92 Å². The standard InChI is InChI=1S/C28H28N2O3/c1-21-7-5-6-10-25(21)28(33)30-19-17-29(18-20-30)27(32)16-15-26(31)24-13-11-23(12-14-24)22-8-3-2-4-9-22/h2-14H,15-20H2,1H3. The number of piperazine rings is 1. The average Bonchev–Trinajstić information content (AvgIpc) is 2.87. The molecule has 0 unspecified atom stereocenters. The van der Waals surface area contributed by atoms with Crippen molar-refractivity contribution in [3.63, 3.8) is 0 Å². The number of Topliss-reactive ketones (excluding diaryl/α,β-unsaturated/α-hetero) is 1. The Kier molecular flexibility index (Phi) is 6.98. The maximum Gasteiger partial charge on any atom is 0.254 e. The van der Waals surface area contributed by atoms with Gasteiger partial charge >= 0.3 is 0 Å². The van der Waals surface area contributed by atoms with Crippen LogP contribution in [0.3, 0.4) is 0 Å². The van der Waals surface area contributed by atoms with Crippen molar-refractivity contribution in [1.82, 2.24) is 9.80 Å². The second-order valence-electron chi connectivity index (χ2n) is 8.35. The van der Waals surface area contributed by atoms with Crippen LogP contribution >= 0.6 is 0 Å². The van der Waals surface area contributed by atoms with Crippen LogP contribution in [0.4, 0.5) is 0 Å². The molecule has 168 valence electrons. The van der Waals surface area contributed by atoms with Crippen LogP contribution in [0.15, 0.2) is 78.9 Å². The number of hydrogen-bond donors (Lipinski definition) is 0. The van der Waals surface area contributed by atoms with E-state index in [2.05, 4.69) is 0 Å². The van der Waals surface area contributed by atoms with Gasteiger partial charge in [-0.1, -0.05) is 72.8 Å². The molecule has 5 nitrogen and oxygen atoms in total. The molecular formula is C28H28N2O3. The molecule has 1 heterocycles. The van der Waals surface area contributed by atoms with Crippen molar-refractivity contribution < 1.29 is 14.4 Å². The monoisotopic (exact) mass is 440 g/mol. The van der Waals surface area contributed by atoms with Crippen molar-refractivity contribution in [3.8, 4) is 11.1 Å². The highest BCUT2D eigenvalue weighted by Crippen LogP contribution is 2.20. The summed E-state index contributed by atoms with van der Waals surface area (Å²) in [6.07, 6.45) is 0.372. The topological polar surface area (TPSA) is 57.7 Å². The molecule has 0 bridgehead atoms. The number of amides is 2. The molecule has 0 spiro atoms. The minimum Gasteiger partial charge on any atom is -0.339 e. The van der Waals surface area contributed by atoms with Crippen LogP contribution in [-0.2, 0) is 4.79 Å². The first-order valence-corrected chi connectivity index (χ1v) is 11.3. The van der Waals surface area contributed by atoms with Gasteiger partial charge in [-0.2, -0.15) is 0 Å². The molecule has 0 aliphatic carbocycles. The third-order valence-electron chi connectivity index (χ3n) is 6.17. The number of carbonyl (C=O) groups is 3. The van der Waals surface area contributed by atoms with Crippen LogP contribution in [-0.4, -0.2) is 53.6 Å². The third kappa shape index (κ3) is 5.37. The quantitative estimate of drug-likeness (QED) is 0.526. The first-order chi connectivity index (χ1) is 16.0. The summed E-state index contributed by atoms with van der Waals surface area (Å²) in [6, 6.07) is 25.1. The van der Waals surface area contributed by atoms with Gasteiger partial charge in [-0.05, 0) is 29.7 Å². The number of ketones is 1. The second kappa shape index (κ2) is 10.3. The summed E-state index contributed by atoms with van der Waals surface area (Å²) in [5, 5.41) is 0. The Balaban J connectivity index is 1.26. The normalized spacial score (nSPS) is 13.6. The van der Waals surface area contributed by atoms with Gasteiger partial charge in [0, 0.05) is 50.1 Å². The molecule has 1 saturated heterocycles. The van der Waals surface area contributed by atoms with Gasteiger partial charge in [-0.3, -0.25) is 14.4 Å². The molecule has 4 rings (SSSR count). The van der Waals surface area contributed by atoms with Gasteiger partial charge in [-0.15, -0.1) is 0 Å². The summed E-state index contributed by atoms with van der Waals surface area (Å²) < 4.78 is 0. The Hall–Kier alpha value is -3.73. The molecular weight excluding hydrogens is 412 g/mol. The molecule has 0 radical (unpaired) electrons. The summed E-state index contributed by atoms with van der Waals surface area (Å²) in [4.78, 5) is 41.5. The Morgan fingerprint density at radius 3 is 1.91 bits per heavy atom. The van der Waals surface area contributed by atoms with Crippen molar-refractivity contribution in [1.29, 1.82) is 0 Å². The number of hydrogen-bond acceptors (Lipinski definition) is 3. The van der Waals surface area contributed by atoms with Crippen molar-refractivity contribution in [3.05, 3.63) is 95.6 Å². The van der Waals surface area contributed by atoms with E-state index >= 15 is 0 Å². The minimum atomic E-state index is -0.0350. The molecule has 0 atom stereocenters.